The van der Waals surface area contributed by atoms with Crippen molar-refractivity contribution in [1.82, 2.24) is 4.90 Å². The maximum atomic E-state index is 12.5. The van der Waals surface area contributed by atoms with Gasteiger partial charge in [-0.2, -0.15) is 0 Å². The highest BCUT2D eigenvalue weighted by molar-refractivity contribution is 6.30. The minimum atomic E-state index is -1.80. The van der Waals surface area contributed by atoms with Crippen molar-refractivity contribution in [3.05, 3.63) is 29.3 Å². The van der Waals surface area contributed by atoms with E-state index in [0.717, 1.165) is 4.90 Å². The van der Waals surface area contributed by atoms with Gasteiger partial charge in [-0.25, -0.2) is 9.59 Å². The van der Waals surface area contributed by atoms with E-state index in [1.807, 2.05) is 0 Å². The minimum Gasteiger partial charge on any atom is -0.477 e. The van der Waals surface area contributed by atoms with Crippen LogP contribution in [0.25, 0.3) is 0 Å². The number of hydrogen-bond acceptors (Lipinski definition) is 4. The van der Waals surface area contributed by atoms with Crippen molar-refractivity contribution in [3.8, 4) is 5.75 Å². The number of piperidine rings is 1. The number of hydrogen-bond donors (Lipinski definition) is 1. The molecule has 0 unspecified atom stereocenters. The second kappa shape index (κ2) is 6.89. The molecule has 1 atom stereocenters. The largest absolute Gasteiger partial charge is 0.477 e. The Labute approximate surface area is 146 Å². The van der Waals surface area contributed by atoms with Crippen LogP contribution in [0, 0.1) is 0 Å². The number of ether oxygens (including phenoxy) is 2. The van der Waals surface area contributed by atoms with Crippen molar-refractivity contribution < 1.29 is 24.2 Å². The summed E-state index contributed by atoms with van der Waals surface area (Å²) in [5.41, 5.74) is -2.53. The van der Waals surface area contributed by atoms with Crippen LogP contribution in [0.3, 0.4) is 0 Å². The number of carbonyl (C=O) groups is 2. The summed E-state index contributed by atoms with van der Waals surface area (Å²) in [6.07, 6.45) is 0.791. The molecule has 1 aromatic carbocycles. The molecule has 0 saturated carbocycles. The number of carbonyl (C=O) groups excluding carboxylic acids is 1. The Morgan fingerprint density at radius 3 is 2.58 bits per heavy atom. The van der Waals surface area contributed by atoms with Crippen molar-refractivity contribution >= 4 is 23.7 Å². The van der Waals surface area contributed by atoms with E-state index in [1.165, 1.54) is 6.07 Å². The number of rotatable bonds is 3. The van der Waals surface area contributed by atoms with Gasteiger partial charge in [-0.05, 0) is 51.8 Å². The fourth-order valence-electron chi connectivity index (χ4n) is 2.60. The summed E-state index contributed by atoms with van der Waals surface area (Å²) >= 11 is 5.94. The molecule has 1 N–H and O–H groups in total. The Hall–Kier alpha value is -1.95. The van der Waals surface area contributed by atoms with E-state index in [2.05, 4.69) is 0 Å². The van der Waals surface area contributed by atoms with E-state index < -0.39 is 23.4 Å². The van der Waals surface area contributed by atoms with Crippen LogP contribution < -0.4 is 4.74 Å². The smallest absolute Gasteiger partial charge is 0.413 e. The number of nitrogens with zero attached hydrogens (tertiary/aromatic N) is 1. The molecule has 7 heteroatoms. The van der Waals surface area contributed by atoms with Gasteiger partial charge in [-0.1, -0.05) is 17.7 Å². The molecule has 0 aromatic heterocycles. The average molecular weight is 356 g/mol. The van der Waals surface area contributed by atoms with E-state index in [-0.39, 0.29) is 13.0 Å². The van der Waals surface area contributed by atoms with Crippen LogP contribution in [0.5, 0.6) is 5.75 Å². The molecule has 24 heavy (non-hydrogen) atoms. The molecule has 0 aliphatic carbocycles. The van der Waals surface area contributed by atoms with Gasteiger partial charge in [0.2, 0.25) is 0 Å². The number of carboxylic acid groups (broad SMARTS) is 1. The van der Waals surface area contributed by atoms with Crippen molar-refractivity contribution in [3.63, 3.8) is 0 Å². The van der Waals surface area contributed by atoms with Crippen LogP contribution in [0.15, 0.2) is 24.3 Å². The molecule has 1 aliphatic rings. The first-order chi connectivity index (χ1) is 11.1. The lowest BCUT2D eigenvalue weighted by Gasteiger charge is -2.43. The molecule has 1 heterocycles. The van der Waals surface area contributed by atoms with Crippen molar-refractivity contribution in [2.24, 2.45) is 0 Å². The van der Waals surface area contributed by atoms with E-state index in [0.29, 0.717) is 23.6 Å². The monoisotopic (exact) mass is 355 g/mol. The Bertz CT molecular complexity index is 628. The number of benzene rings is 1. The highest BCUT2D eigenvalue weighted by Crippen LogP contribution is 2.33. The highest BCUT2D eigenvalue weighted by Gasteiger charge is 2.52. The number of amides is 1. The quantitative estimate of drug-likeness (QED) is 0.889. The summed E-state index contributed by atoms with van der Waals surface area (Å²) in [6, 6.07) is 6.45. The molecule has 1 saturated heterocycles. The summed E-state index contributed by atoms with van der Waals surface area (Å²) in [5.74, 6) is -0.937. The maximum absolute atomic E-state index is 12.5. The third-order valence-corrected chi connectivity index (χ3v) is 3.85. The van der Waals surface area contributed by atoms with Gasteiger partial charge in [0, 0.05) is 18.0 Å². The lowest BCUT2D eigenvalue weighted by atomic mass is 9.98. The average Bonchev–Trinajstić information content (AvgIpc) is 2.45. The first kappa shape index (κ1) is 18.4. The summed E-state index contributed by atoms with van der Waals surface area (Å²) < 4.78 is 11.1. The molecule has 6 nitrogen and oxygen atoms in total. The zero-order chi connectivity index (χ0) is 18.0. The fraction of sp³-hybridized carbons (Fsp3) is 0.529. The fourth-order valence-corrected chi connectivity index (χ4v) is 2.78. The van der Waals surface area contributed by atoms with Gasteiger partial charge in [0.25, 0.3) is 5.72 Å². The molecular weight excluding hydrogens is 334 g/mol. The first-order valence-electron chi connectivity index (χ1n) is 7.83. The van der Waals surface area contributed by atoms with Crippen LogP contribution in [0.2, 0.25) is 5.02 Å². The second-order valence-electron chi connectivity index (χ2n) is 6.74. The summed E-state index contributed by atoms with van der Waals surface area (Å²) in [7, 11) is 0. The van der Waals surface area contributed by atoms with E-state index >= 15 is 0 Å². The van der Waals surface area contributed by atoms with E-state index in [9.17, 15) is 14.7 Å². The predicted molar refractivity (Wildman–Crippen MR) is 89.2 cm³/mol. The van der Waals surface area contributed by atoms with Crippen molar-refractivity contribution in [1.29, 1.82) is 0 Å². The van der Waals surface area contributed by atoms with Crippen LogP contribution in [-0.2, 0) is 9.53 Å². The zero-order valence-electron chi connectivity index (χ0n) is 14.0. The van der Waals surface area contributed by atoms with Gasteiger partial charge in [-0.15, -0.1) is 0 Å². The lowest BCUT2D eigenvalue weighted by molar-refractivity contribution is -0.179. The third kappa shape index (κ3) is 4.12. The van der Waals surface area contributed by atoms with Gasteiger partial charge >= 0.3 is 12.1 Å². The summed E-state index contributed by atoms with van der Waals surface area (Å²) in [5, 5.41) is 10.3. The van der Waals surface area contributed by atoms with Crippen molar-refractivity contribution in [2.75, 3.05) is 6.54 Å². The summed E-state index contributed by atoms with van der Waals surface area (Å²) in [4.78, 5) is 25.7. The SMILES string of the molecule is CC(C)(C)OC(=O)N1CCCC[C@@]1(Oc1cccc(Cl)c1)C(=O)O. The van der Waals surface area contributed by atoms with Gasteiger partial charge in [0.05, 0.1) is 0 Å². The standard InChI is InChI=1S/C17H22ClNO5/c1-16(2,3)24-15(22)19-10-5-4-9-17(19,14(20)21)23-13-8-6-7-12(18)11-13/h6-8,11H,4-5,9-10H2,1-3H3,(H,20,21)/t17-/m1/s1. The zero-order valence-corrected chi connectivity index (χ0v) is 14.8. The summed E-state index contributed by atoms with van der Waals surface area (Å²) in [6.45, 7) is 5.45. The minimum absolute atomic E-state index is 0.175. The van der Waals surface area contributed by atoms with Crippen LogP contribution in [0.1, 0.15) is 40.0 Å². The normalized spacial score (nSPS) is 21.2. The number of likely N-dealkylation sites (tertiary alicyclic amines) is 1. The molecule has 0 bridgehead atoms. The molecule has 2 rings (SSSR count). The Morgan fingerprint density at radius 1 is 1.29 bits per heavy atom. The molecule has 1 aliphatic heterocycles. The van der Waals surface area contributed by atoms with E-state index in [1.54, 1.807) is 39.0 Å². The topological polar surface area (TPSA) is 76.1 Å². The Balaban J connectivity index is 2.35. The molecule has 0 spiro atoms. The Morgan fingerprint density at radius 2 is 2.00 bits per heavy atom. The van der Waals surface area contributed by atoms with Crippen LogP contribution >= 0.6 is 11.6 Å². The van der Waals surface area contributed by atoms with Crippen LogP contribution in [-0.4, -0.2) is 39.9 Å². The number of halogens is 1. The van der Waals surface area contributed by atoms with Gasteiger partial charge in [0.15, 0.2) is 0 Å². The molecule has 1 amide bonds. The molecule has 0 radical (unpaired) electrons. The maximum Gasteiger partial charge on any atom is 0.413 e. The predicted octanol–water partition coefficient (Wildman–Crippen LogP) is 3.92. The third-order valence-electron chi connectivity index (χ3n) is 3.61. The lowest BCUT2D eigenvalue weighted by Crippen LogP contribution is -2.63. The molecule has 1 fully saturated rings. The molecular formula is C17H22ClNO5. The second-order valence-corrected chi connectivity index (χ2v) is 7.17. The van der Waals surface area contributed by atoms with Crippen LogP contribution in [0.4, 0.5) is 4.79 Å². The first-order valence-corrected chi connectivity index (χ1v) is 8.20. The Kier molecular flexibility index (Phi) is 5.28. The van der Waals surface area contributed by atoms with Gasteiger partial charge in [-0.3, -0.25) is 4.90 Å². The van der Waals surface area contributed by atoms with Gasteiger partial charge in [0.1, 0.15) is 11.4 Å². The number of carboxylic acids is 1. The van der Waals surface area contributed by atoms with Gasteiger partial charge < -0.3 is 14.6 Å². The van der Waals surface area contributed by atoms with E-state index in [4.69, 9.17) is 21.1 Å². The molecule has 1 aromatic rings. The molecule has 132 valence electrons. The highest BCUT2D eigenvalue weighted by atomic mass is 35.5. The number of aliphatic carboxylic acids is 1. The van der Waals surface area contributed by atoms with Crippen molar-refractivity contribution in [2.45, 2.75) is 51.4 Å².